The molecule has 1 heterocycles. The molecule has 0 spiro atoms. The molecule has 1 fully saturated rings. The summed E-state index contributed by atoms with van der Waals surface area (Å²) in [6.07, 6.45) is 2.87. The van der Waals surface area contributed by atoms with Crippen molar-refractivity contribution in [1.29, 1.82) is 0 Å². The lowest BCUT2D eigenvalue weighted by molar-refractivity contribution is -0.137. The molecule has 0 unspecified atom stereocenters. The van der Waals surface area contributed by atoms with Gasteiger partial charge in [-0.15, -0.1) is 0 Å². The second kappa shape index (κ2) is 19.4. The summed E-state index contributed by atoms with van der Waals surface area (Å²) in [7, 11) is 0. The van der Waals surface area contributed by atoms with Crippen LogP contribution in [-0.2, 0) is 39.9 Å². The molecule has 14 nitrogen and oxygen atoms in total. The van der Waals surface area contributed by atoms with Gasteiger partial charge in [0.05, 0.1) is 13.2 Å². The Morgan fingerprint density at radius 1 is 0.958 bits per heavy atom. The molecule has 1 aliphatic heterocycles. The van der Waals surface area contributed by atoms with Crippen molar-refractivity contribution in [3.63, 3.8) is 0 Å². The summed E-state index contributed by atoms with van der Waals surface area (Å²) in [5.41, 5.74) is -0.0943. The van der Waals surface area contributed by atoms with Gasteiger partial charge in [-0.3, -0.25) is 19.2 Å². The van der Waals surface area contributed by atoms with Gasteiger partial charge in [0.2, 0.25) is 23.6 Å². The topological polar surface area (TPSA) is 201 Å². The zero-order valence-corrected chi connectivity index (χ0v) is 28.7. The van der Waals surface area contributed by atoms with E-state index in [0.29, 0.717) is 13.0 Å². The fourth-order valence-corrected chi connectivity index (χ4v) is 4.98. The van der Waals surface area contributed by atoms with Crippen LogP contribution in [0.5, 0.6) is 0 Å². The van der Waals surface area contributed by atoms with Crippen molar-refractivity contribution in [3.05, 3.63) is 48.0 Å². The smallest absolute Gasteiger partial charge is 0.408 e. The maximum Gasteiger partial charge on any atom is 0.408 e. The first-order chi connectivity index (χ1) is 22.6. The molecule has 0 saturated carbocycles. The number of rotatable bonds is 17. The van der Waals surface area contributed by atoms with E-state index in [1.54, 1.807) is 58.0 Å². The van der Waals surface area contributed by atoms with E-state index < -0.39 is 66.2 Å². The van der Waals surface area contributed by atoms with E-state index in [-0.39, 0.29) is 43.6 Å². The van der Waals surface area contributed by atoms with E-state index in [0.717, 1.165) is 5.56 Å². The van der Waals surface area contributed by atoms with Crippen LogP contribution in [0.1, 0.15) is 66.4 Å². The summed E-state index contributed by atoms with van der Waals surface area (Å²) in [6, 6.07) is 4.49. The summed E-state index contributed by atoms with van der Waals surface area (Å²) in [5.74, 6) is -3.34. The lowest BCUT2D eigenvalue weighted by Gasteiger charge is -2.27. The van der Waals surface area contributed by atoms with Crippen molar-refractivity contribution in [2.24, 2.45) is 11.8 Å². The first kappa shape index (κ1) is 39.7. The normalized spacial score (nSPS) is 17.1. The molecule has 48 heavy (non-hydrogen) atoms. The van der Waals surface area contributed by atoms with Crippen molar-refractivity contribution in [2.45, 2.75) is 97.0 Å². The number of benzene rings is 1. The molecule has 0 radical (unpaired) electrons. The second-order valence-corrected chi connectivity index (χ2v) is 13.1. The molecular formula is C34H51N5O9. The van der Waals surface area contributed by atoms with E-state index in [9.17, 15) is 33.9 Å². The number of aliphatic hydroxyl groups is 1. The van der Waals surface area contributed by atoms with Crippen LogP contribution < -0.4 is 26.6 Å². The van der Waals surface area contributed by atoms with Gasteiger partial charge in [-0.25, -0.2) is 9.59 Å². The SMILES string of the molecule is CCOC(=O)/C=C/[C@H](C[C@@H]1CCNC1=O)NC(=O)[C@H](CC(C)C)NC(=O)[C@H](CO)NC(=O)[C@H](Cc1ccccc1)NC(=O)OC(C)(C)C. The second-order valence-electron chi connectivity index (χ2n) is 13.1. The van der Waals surface area contributed by atoms with E-state index in [4.69, 9.17) is 9.47 Å². The molecule has 0 aromatic heterocycles. The molecule has 2 rings (SSSR count). The number of ether oxygens (including phenoxy) is 2. The minimum atomic E-state index is -1.46. The Morgan fingerprint density at radius 2 is 1.58 bits per heavy atom. The number of aliphatic hydroxyl groups excluding tert-OH is 1. The number of hydrogen-bond donors (Lipinski definition) is 6. The lowest BCUT2D eigenvalue weighted by atomic mass is 9.97. The van der Waals surface area contributed by atoms with Gasteiger partial charge in [0.25, 0.3) is 0 Å². The minimum Gasteiger partial charge on any atom is -0.463 e. The van der Waals surface area contributed by atoms with Crippen LogP contribution in [0.25, 0.3) is 0 Å². The van der Waals surface area contributed by atoms with Crippen LogP contribution in [-0.4, -0.2) is 90.3 Å². The highest BCUT2D eigenvalue weighted by Crippen LogP contribution is 2.18. The molecule has 266 valence electrons. The Morgan fingerprint density at radius 3 is 2.15 bits per heavy atom. The predicted molar refractivity (Wildman–Crippen MR) is 177 cm³/mol. The van der Waals surface area contributed by atoms with Gasteiger partial charge < -0.3 is 41.2 Å². The maximum atomic E-state index is 13.5. The van der Waals surface area contributed by atoms with Gasteiger partial charge in [-0.2, -0.15) is 0 Å². The quantitative estimate of drug-likeness (QED) is 0.104. The molecule has 5 atom stereocenters. The molecule has 1 aromatic carbocycles. The van der Waals surface area contributed by atoms with Crippen LogP contribution in [0, 0.1) is 11.8 Å². The van der Waals surface area contributed by atoms with E-state index >= 15 is 0 Å². The highest BCUT2D eigenvalue weighted by atomic mass is 16.6. The first-order valence-corrected chi connectivity index (χ1v) is 16.3. The zero-order valence-electron chi connectivity index (χ0n) is 28.7. The zero-order chi connectivity index (χ0) is 35.9. The standard InChI is InChI=1S/C34H51N5O9/c1-7-47-28(41)14-13-24(19-23-15-16-35-29(23)42)36-30(43)25(17-21(2)3)37-32(45)27(20-40)38-31(44)26(18-22-11-9-8-10-12-22)39-33(46)48-34(4,5)6/h8-14,21,23-27,40H,7,15-20H2,1-6H3,(H,35,42)(H,36,43)(H,37,45)(H,38,44)(H,39,46)/b14-13+/t23-,24+,25-,26-,27-/m0/s1. The number of carbonyl (C=O) groups excluding carboxylic acids is 6. The third kappa shape index (κ3) is 14.5. The van der Waals surface area contributed by atoms with Gasteiger partial charge >= 0.3 is 12.1 Å². The molecule has 1 aliphatic rings. The molecule has 1 saturated heterocycles. The Bertz CT molecular complexity index is 1280. The van der Waals surface area contributed by atoms with Crippen molar-refractivity contribution in [1.82, 2.24) is 26.6 Å². The largest absolute Gasteiger partial charge is 0.463 e. The van der Waals surface area contributed by atoms with Crippen LogP contribution >= 0.6 is 0 Å². The van der Waals surface area contributed by atoms with E-state index in [2.05, 4.69) is 26.6 Å². The summed E-state index contributed by atoms with van der Waals surface area (Å²) < 4.78 is 10.3. The van der Waals surface area contributed by atoms with Crippen LogP contribution in [0.3, 0.4) is 0 Å². The summed E-state index contributed by atoms with van der Waals surface area (Å²) in [5, 5.41) is 23.3. The average molecular weight is 674 g/mol. The Balaban J connectivity index is 2.20. The number of esters is 1. The minimum absolute atomic E-state index is 0.0503. The molecule has 0 aliphatic carbocycles. The predicted octanol–water partition coefficient (Wildman–Crippen LogP) is 1.26. The lowest BCUT2D eigenvalue weighted by Crippen LogP contribution is -2.59. The monoisotopic (exact) mass is 673 g/mol. The Hall–Kier alpha value is -4.46. The number of amides is 5. The van der Waals surface area contributed by atoms with Gasteiger partial charge in [0, 0.05) is 31.0 Å². The van der Waals surface area contributed by atoms with Gasteiger partial charge in [-0.05, 0) is 58.4 Å². The fraction of sp³-hybridized carbons (Fsp3) is 0.588. The maximum absolute atomic E-state index is 13.5. The van der Waals surface area contributed by atoms with Crippen molar-refractivity contribution in [2.75, 3.05) is 19.8 Å². The molecular weight excluding hydrogens is 622 g/mol. The average Bonchev–Trinajstić information content (AvgIpc) is 3.40. The highest BCUT2D eigenvalue weighted by molar-refractivity contribution is 5.94. The highest BCUT2D eigenvalue weighted by Gasteiger charge is 2.32. The Labute approximate surface area is 282 Å². The van der Waals surface area contributed by atoms with Crippen molar-refractivity contribution >= 4 is 35.7 Å². The van der Waals surface area contributed by atoms with Crippen LogP contribution in [0.2, 0.25) is 0 Å². The third-order valence-electron chi connectivity index (χ3n) is 7.23. The van der Waals surface area contributed by atoms with Crippen LogP contribution in [0.15, 0.2) is 42.5 Å². The number of hydrogen-bond acceptors (Lipinski definition) is 9. The van der Waals surface area contributed by atoms with Crippen molar-refractivity contribution in [3.8, 4) is 0 Å². The van der Waals surface area contributed by atoms with E-state index in [1.165, 1.54) is 12.2 Å². The van der Waals surface area contributed by atoms with Crippen LogP contribution in [0.4, 0.5) is 4.79 Å². The van der Waals surface area contributed by atoms with Gasteiger partial charge in [-0.1, -0.05) is 50.3 Å². The van der Waals surface area contributed by atoms with Crippen molar-refractivity contribution < 1.29 is 43.3 Å². The Kier molecular flexibility index (Phi) is 16.0. The summed E-state index contributed by atoms with van der Waals surface area (Å²) in [4.78, 5) is 77.1. The molecule has 6 N–H and O–H groups in total. The third-order valence-corrected chi connectivity index (χ3v) is 7.23. The first-order valence-electron chi connectivity index (χ1n) is 16.3. The van der Waals surface area contributed by atoms with Gasteiger partial charge in [0.15, 0.2) is 0 Å². The summed E-state index contributed by atoms with van der Waals surface area (Å²) in [6.45, 7) is 10.3. The molecule has 0 bridgehead atoms. The van der Waals surface area contributed by atoms with Gasteiger partial charge in [0.1, 0.15) is 23.7 Å². The summed E-state index contributed by atoms with van der Waals surface area (Å²) >= 11 is 0. The number of nitrogens with one attached hydrogen (secondary N) is 5. The number of alkyl carbamates (subject to hydrolysis) is 1. The van der Waals surface area contributed by atoms with E-state index in [1.807, 2.05) is 13.8 Å². The molecule has 14 heteroatoms. The number of carbonyl (C=O) groups is 6. The molecule has 1 aromatic rings. The fourth-order valence-electron chi connectivity index (χ4n) is 4.98. The molecule has 5 amide bonds.